The molecule has 0 atom stereocenters. The van der Waals surface area contributed by atoms with Gasteiger partial charge < -0.3 is 10.4 Å². The lowest BCUT2D eigenvalue weighted by Crippen LogP contribution is -2.30. The van der Waals surface area contributed by atoms with E-state index in [1.807, 2.05) is 30.5 Å². The number of nitrogens with zero attached hydrogens (tertiary/aromatic N) is 2. The van der Waals surface area contributed by atoms with E-state index in [0.717, 1.165) is 41.5 Å². The van der Waals surface area contributed by atoms with E-state index in [-0.39, 0.29) is 5.91 Å². The fourth-order valence-electron chi connectivity index (χ4n) is 3.71. The number of pyridine rings is 1. The Bertz CT molecular complexity index is 984. The summed E-state index contributed by atoms with van der Waals surface area (Å²) in [6, 6.07) is 11.7. The minimum atomic E-state index is -0.0472. The summed E-state index contributed by atoms with van der Waals surface area (Å²) in [6.07, 6.45) is 4.45. The average molecular weight is 347 g/mol. The number of aromatic hydroxyl groups is 1. The molecule has 1 aliphatic heterocycles. The number of fused-ring (bicyclic) bond motifs is 2. The van der Waals surface area contributed by atoms with Crippen LogP contribution >= 0.6 is 0 Å². The summed E-state index contributed by atoms with van der Waals surface area (Å²) in [5, 5.41) is 15.4. The molecule has 1 amide bonds. The van der Waals surface area contributed by atoms with Gasteiger partial charge in [0.15, 0.2) is 0 Å². The van der Waals surface area contributed by atoms with E-state index < -0.39 is 0 Å². The molecular formula is C21H21N3O2. The molecule has 132 valence electrons. The first-order valence-corrected chi connectivity index (χ1v) is 8.77. The van der Waals surface area contributed by atoms with E-state index in [4.69, 9.17) is 0 Å². The monoisotopic (exact) mass is 347 g/mol. The molecule has 1 aliphatic rings. The van der Waals surface area contributed by atoms with Gasteiger partial charge in [-0.15, -0.1) is 0 Å². The molecule has 0 spiro atoms. The molecule has 2 N–H and O–H groups in total. The van der Waals surface area contributed by atoms with Crippen LogP contribution in [0.15, 0.2) is 48.8 Å². The molecule has 3 aromatic rings. The Kier molecular flexibility index (Phi) is 4.31. The second-order valence-corrected chi connectivity index (χ2v) is 6.75. The van der Waals surface area contributed by atoms with Crippen molar-refractivity contribution in [2.24, 2.45) is 0 Å². The Morgan fingerprint density at radius 2 is 2.15 bits per heavy atom. The highest BCUT2D eigenvalue weighted by atomic mass is 16.3. The van der Waals surface area contributed by atoms with Gasteiger partial charge in [0.2, 0.25) is 5.91 Å². The number of aromatic nitrogens is 1. The standard InChI is InChI=1S/C21H21N3O2/c1-14(25)23-20-4-2-3-16-12-24(10-8-17(16)20)13-19-18-11-22-9-7-15(18)5-6-21(19)26/h2-7,9,11,26H,8,10,12-13H2,1H3,(H,23,25). The van der Waals surface area contributed by atoms with Crippen LogP contribution < -0.4 is 5.32 Å². The quantitative estimate of drug-likeness (QED) is 0.761. The second kappa shape index (κ2) is 6.77. The number of rotatable bonds is 3. The van der Waals surface area contributed by atoms with E-state index in [2.05, 4.69) is 21.3 Å². The van der Waals surface area contributed by atoms with Crippen molar-refractivity contribution in [1.29, 1.82) is 0 Å². The largest absolute Gasteiger partial charge is 0.508 e. The summed E-state index contributed by atoms with van der Waals surface area (Å²) >= 11 is 0. The maximum absolute atomic E-state index is 11.4. The Morgan fingerprint density at radius 3 is 3.00 bits per heavy atom. The Morgan fingerprint density at radius 1 is 1.27 bits per heavy atom. The normalized spacial score (nSPS) is 14.2. The maximum atomic E-state index is 11.4. The van der Waals surface area contributed by atoms with Gasteiger partial charge in [0.25, 0.3) is 0 Å². The number of hydrogen-bond acceptors (Lipinski definition) is 4. The van der Waals surface area contributed by atoms with Crippen LogP contribution in [-0.4, -0.2) is 27.4 Å². The lowest BCUT2D eigenvalue weighted by molar-refractivity contribution is -0.114. The van der Waals surface area contributed by atoms with Gasteiger partial charge in [-0.3, -0.25) is 14.7 Å². The number of anilines is 1. The fraction of sp³-hybridized carbons (Fsp3) is 0.238. The van der Waals surface area contributed by atoms with Crippen molar-refractivity contribution < 1.29 is 9.90 Å². The van der Waals surface area contributed by atoms with Crippen LogP contribution in [0, 0.1) is 0 Å². The van der Waals surface area contributed by atoms with Crippen LogP contribution in [0.3, 0.4) is 0 Å². The summed E-state index contributed by atoms with van der Waals surface area (Å²) in [7, 11) is 0. The number of carbonyl (C=O) groups is 1. The van der Waals surface area contributed by atoms with E-state index in [1.54, 1.807) is 12.3 Å². The molecule has 0 aliphatic carbocycles. The molecule has 0 saturated heterocycles. The van der Waals surface area contributed by atoms with Crippen LogP contribution in [0.1, 0.15) is 23.6 Å². The number of benzene rings is 2. The molecule has 5 heteroatoms. The van der Waals surface area contributed by atoms with Crippen LogP contribution in [0.25, 0.3) is 10.8 Å². The number of amides is 1. The van der Waals surface area contributed by atoms with Gasteiger partial charge >= 0.3 is 0 Å². The molecule has 26 heavy (non-hydrogen) atoms. The SMILES string of the molecule is CC(=O)Nc1cccc2c1CCN(Cc1c(O)ccc3ccncc13)C2. The second-order valence-electron chi connectivity index (χ2n) is 6.75. The molecule has 1 aromatic heterocycles. The Hall–Kier alpha value is -2.92. The van der Waals surface area contributed by atoms with Crippen molar-refractivity contribution in [2.45, 2.75) is 26.4 Å². The predicted molar refractivity (Wildman–Crippen MR) is 102 cm³/mol. The van der Waals surface area contributed by atoms with Gasteiger partial charge in [-0.05, 0) is 41.1 Å². The molecule has 5 nitrogen and oxygen atoms in total. The van der Waals surface area contributed by atoms with Crippen LogP contribution in [0.5, 0.6) is 5.75 Å². The van der Waals surface area contributed by atoms with E-state index in [9.17, 15) is 9.90 Å². The predicted octanol–water partition coefficient (Wildman–Crippen LogP) is 3.46. The molecule has 0 bridgehead atoms. The highest BCUT2D eigenvalue weighted by Gasteiger charge is 2.21. The van der Waals surface area contributed by atoms with Gasteiger partial charge in [0.05, 0.1) is 0 Å². The molecular weight excluding hydrogens is 326 g/mol. The van der Waals surface area contributed by atoms with Crippen LogP contribution in [0.4, 0.5) is 5.69 Å². The minimum Gasteiger partial charge on any atom is -0.508 e. The first kappa shape index (κ1) is 16.5. The first-order valence-electron chi connectivity index (χ1n) is 8.77. The first-order chi connectivity index (χ1) is 12.6. The lowest BCUT2D eigenvalue weighted by Gasteiger charge is -2.30. The molecule has 0 saturated carbocycles. The van der Waals surface area contributed by atoms with Crippen molar-refractivity contribution >= 4 is 22.4 Å². The lowest BCUT2D eigenvalue weighted by atomic mass is 9.96. The van der Waals surface area contributed by atoms with Gasteiger partial charge in [-0.25, -0.2) is 0 Å². The zero-order chi connectivity index (χ0) is 18.1. The topological polar surface area (TPSA) is 65.5 Å². The molecule has 0 radical (unpaired) electrons. The van der Waals surface area contributed by atoms with Crippen molar-refractivity contribution in [3.8, 4) is 5.75 Å². The molecule has 2 aromatic carbocycles. The van der Waals surface area contributed by atoms with Crippen molar-refractivity contribution in [1.82, 2.24) is 9.88 Å². The number of phenols is 1. The van der Waals surface area contributed by atoms with E-state index in [0.29, 0.717) is 12.3 Å². The third kappa shape index (κ3) is 3.13. The number of nitrogens with one attached hydrogen (secondary N) is 1. The summed E-state index contributed by atoms with van der Waals surface area (Å²) in [5.41, 5.74) is 4.26. The van der Waals surface area contributed by atoms with E-state index in [1.165, 1.54) is 18.1 Å². The third-order valence-electron chi connectivity index (χ3n) is 4.95. The zero-order valence-corrected chi connectivity index (χ0v) is 14.7. The van der Waals surface area contributed by atoms with Gasteiger partial charge in [-0.1, -0.05) is 18.2 Å². The number of phenolic OH excluding ortho intramolecular Hbond substituents is 1. The Balaban J connectivity index is 1.61. The third-order valence-corrected chi connectivity index (χ3v) is 4.95. The molecule has 4 rings (SSSR count). The number of hydrogen-bond donors (Lipinski definition) is 2. The van der Waals surface area contributed by atoms with Gasteiger partial charge in [0, 0.05) is 55.6 Å². The van der Waals surface area contributed by atoms with Gasteiger partial charge in [0.1, 0.15) is 5.75 Å². The summed E-state index contributed by atoms with van der Waals surface area (Å²) in [6.45, 7) is 3.86. The zero-order valence-electron chi connectivity index (χ0n) is 14.7. The van der Waals surface area contributed by atoms with Crippen molar-refractivity contribution in [2.75, 3.05) is 11.9 Å². The fourth-order valence-corrected chi connectivity index (χ4v) is 3.71. The molecule has 2 heterocycles. The summed E-state index contributed by atoms with van der Waals surface area (Å²) in [4.78, 5) is 17.9. The summed E-state index contributed by atoms with van der Waals surface area (Å²) in [5.74, 6) is 0.261. The minimum absolute atomic E-state index is 0.0472. The van der Waals surface area contributed by atoms with Crippen LogP contribution in [0.2, 0.25) is 0 Å². The highest BCUT2D eigenvalue weighted by molar-refractivity contribution is 5.90. The summed E-state index contributed by atoms with van der Waals surface area (Å²) < 4.78 is 0. The van der Waals surface area contributed by atoms with Gasteiger partial charge in [-0.2, -0.15) is 0 Å². The highest BCUT2D eigenvalue weighted by Crippen LogP contribution is 2.31. The smallest absolute Gasteiger partial charge is 0.221 e. The maximum Gasteiger partial charge on any atom is 0.221 e. The average Bonchev–Trinajstić information content (AvgIpc) is 2.64. The Labute approximate surface area is 152 Å². The molecule has 0 fully saturated rings. The molecule has 0 unspecified atom stereocenters. The van der Waals surface area contributed by atoms with Crippen molar-refractivity contribution in [3.05, 3.63) is 65.5 Å². The van der Waals surface area contributed by atoms with Crippen molar-refractivity contribution in [3.63, 3.8) is 0 Å². The van der Waals surface area contributed by atoms with Crippen LogP contribution in [-0.2, 0) is 24.3 Å². The number of carbonyl (C=O) groups excluding carboxylic acids is 1. The van der Waals surface area contributed by atoms with E-state index >= 15 is 0 Å².